The van der Waals surface area contributed by atoms with Crippen molar-refractivity contribution >= 4 is 23.9 Å². The van der Waals surface area contributed by atoms with Gasteiger partial charge in [0.15, 0.2) is 0 Å². The maximum atomic E-state index is 12.2. The molecule has 118 valence electrons. The molecule has 1 rings (SSSR count). The zero-order chi connectivity index (χ0) is 16.7. The number of hydrogen-bond donors (Lipinski definition) is 3. The second kappa shape index (κ2) is 7.97. The lowest BCUT2D eigenvalue weighted by Gasteiger charge is -2.19. The van der Waals surface area contributed by atoms with Gasteiger partial charge in [-0.05, 0) is 17.6 Å². The van der Waals surface area contributed by atoms with Gasteiger partial charge in [-0.25, -0.2) is 4.79 Å². The minimum Gasteiger partial charge on any atom is -0.480 e. The van der Waals surface area contributed by atoms with Gasteiger partial charge in [0, 0.05) is 6.92 Å². The van der Waals surface area contributed by atoms with Crippen LogP contribution in [0, 0.1) is 5.92 Å². The summed E-state index contributed by atoms with van der Waals surface area (Å²) < 4.78 is 0. The van der Waals surface area contributed by atoms with E-state index in [1.165, 1.54) is 13.0 Å². The lowest BCUT2D eigenvalue weighted by atomic mass is 10.0. The van der Waals surface area contributed by atoms with Crippen molar-refractivity contribution in [2.75, 3.05) is 0 Å². The monoisotopic (exact) mass is 304 g/mol. The molecular formula is C16H20N2O4. The molecule has 2 amide bonds. The van der Waals surface area contributed by atoms with E-state index < -0.39 is 23.8 Å². The Morgan fingerprint density at radius 3 is 2.18 bits per heavy atom. The zero-order valence-electron chi connectivity index (χ0n) is 12.8. The summed E-state index contributed by atoms with van der Waals surface area (Å²) in [6.45, 7) is 4.67. The van der Waals surface area contributed by atoms with Crippen molar-refractivity contribution < 1.29 is 19.5 Å². The molecule has 0 fully saturated rings. The molecule has 0 aliphatic rings. The number of rotatable bonds is 6. The Labute approximate surface area is 129 Å². The number of benzene rings is 1. The summed E-state index contributed by atoms with van der Waals surface area (Å²) in [6.07, 6.45) is 1.50. The van der Waals surface area contributed by atoms with Crippen molar-refractivity contribution in [1.82, 2.24) is 10.6 Å². The number of carboxylic acid groups (broad SMARTS) is 1. The lowest BCUT2D eigenvalue weighted by Crippen LogP contribution is -2.46. The molecule has 6 nitrogen and oxygen atoms in total. The van der Waals surface area contributed by atoms with Crippen LogP contribution in [0.3, 0.4) is 0 Å². The lowest BCUT2D eigenvalue weighted by molar-refractivity contribution is -0.142. The molecule has 0 aliphatic heterocycles. The first-order valence-corrected chi connectivity index (χ1v) is 6.89. The summed E-state index contributed by atoms with van der Waals surface area (Å²) in [6, 6.07) is 7.93. The van der Waals surface area contributed by atoms with Crippen molar-refractivity contribution in [2.24, 2.45) is 5.92 Å². The first-order valence-electron chi connectivity index (χ1n) is 6.89. The van der Waals surface area contributed by atoms with Crippen LogP contribution in [0.2, 0.25) is 0 Å². The highest BCUT2D eigenvalue weighted by atomic mass is 16.4. The van der Waals surface area contributed by atoms with Gasteiger partial charge in [-0.1, -0.05) is 44.2 Å². The van der Waals surface area contributed by atoms with E-state index in [0.29, 0.717) is 0 Å². The normalized spacial score (nSPS) is 12.6. The van der Waals surface area contributed by atoms with Gasteiger partial charge in [-0.3, -0.25) is 9.59 Å². The van der Waals surface area contributed by atoms with Crippen LogP contribution in [0.4, 0.5) is 0 Å². The molecule has 22 heavy (non-hydrogen) atoms. The Morgan fingerprint density at radius 2 is 1.73 bits per heavy atom. The molecule has 0 aromatic heterocycles. The minimum absolute atomic E-state index is 0.00519. The SMILES string of the molecule is CC(=O)N/C(=C\c1ccccc1)C(=O)N[C@H](C(=O)O)C(C)C. The molecule has 3 N–H and O–H groups in total. The van der Waals surface area contributed by atoms with Crippen LogP contribution in [0.15, 0.2) is 36.0 Å². The smallest absolute Gasteiger partial charge is 0.326 e. The molecule has 0 bridgehead atoms. The van der Waals surface area contributed by atoms with Gasteiger partial charge in [0.05, 0.1) is 0 Å². The highest BCUT2D eigenvalue weighted by Gasteiger charge is 2.25. The van der Waals surface area contributed by atoms with Crippen molar-refractivity contribution in [1.29, 1.82) is 0 Å². The summed E-state index contributed by atoms with van der Waals surface area (Å²) in [5.41, 5.74) is 0.725. The van der Waals surface area contributed by atoms with E-state index in [0.717, 1.165) is 5.56 Å². The molecule has 1 atom stereocenters. The Kier molecular flexibility index (Phi) is 6.31. The third-order valence-corrected chi connectivity index (χ3v) is 2.89. The summed E-state index contributed by atoms with van der Waals surface area (Å²) in [7, 11) is 0. The average Bonchev–Trinajstić information content (AvgIpc) is 2.43. The van der Waals surface area contributed by atoms with Crippen molar-refractivity contribution in [3.63, 3.8) is 0 Å². The molecule has 1 aromatic carbocycles. The quantitative estimate of drug-likeness (QED) is 0.692. The molecule has 1 aromatic rings. The van der Waals surface area contributed by atoms with Crippen molar-refractivity contribution in [3.05, 3.63) is 41.6 Å². The first kappa shape index (κ1) is 17.4. The van der Waals surface area contributed by atoms with E-state index in [1.54, 1.807) is 38.1 Å². The fourth-order valence-corrected chi connectivity index (χ4v) is 1.80. The van der Waals surface area contributed by atoms with E-state index >= 15 is 0 Å². The summed E-state index contributed by atoms with van der Waals surface area (Å²) in [5.74, 6) is -2.45. The van der Waals surface area contributed by atoms with E-state index in [1.807, 2.05) is 6.07 Å². The highest BCUT2D eigenvalue weighted by molar-refractivity contribution is 6.02. The molecule has 0 heterocycles. The van der Waals surface area contributed by atoms with E-state index in [-0.39, 0.29) is 11.6 Å². The zero-order valence-corrected chi connectivity index (χ0v) is 12.8. The second-order valence-electron chi connectivity index (χ2n) is 5.18. The standard InChI is InChI=1S/C16H20N2O4/c1-10(2)14(16(21)22)18-15(20)13(17-11(3)19)9-12-7-5-4-6-8-12/h4-10,14H,1-3H3,(H,17,19)(H,18,20)(H,21,22)/b13-9-/t14-/m0/s1. The molecule has 0 aliphatic carbocycles. The topological polar surface area (TPSA) is 95.5 Å². The van der Waals surface area contributed by atoms with Crippen molar-refractivity contribution in [2.45, 2.75) is 26.8 Å². The summed E-state index contributed by atoms with van der Waals surface area (Å²) >= 11 is 0. The summed E-state index contributed by atoms with van der Waals surface area (Å²) in [5, 5.41) is 14.0. The van der Waals surface area contributed by atoms with Crippen LogP contribution in [-0.4, -0.2) is 28.9 Å². The number of aliphatic carboxylic acids is 1. The van der Waals surface area contributed by atoms with Gasteiger partial charge in [0.25, 0.3) is 5.91 Å². The number of nitrogens with one attached hydrogen (secondary N) is 2. The summed E-state index contributed by atoms with van der Waals surface area (Å²) in [4.78, 5) is 34.7. The van der Waals surface area contributed by atoms with Gasteiger partial charge in [0.1, 0.15) is 11.7 Å². The molecule has 6 heteroatoms. The van der Waals surface area contributed by atoms with Crippen LogP contribution in [0.5, 0.6) is 0 Å². The maximum absolute atomic E-state index is 12.2. The molecule has 0 unspecified atom stereocenters. The predicted octanol–water partition coefficient (Wildman–Crippen LogP) is 1.39. The number of carbonyl (C=O) groups is 3. The highest BCUT2D eigenvalue weighted by Crippen LogP contribution is 2.07. The molecular weight excluding hydrogens is 284 g/mol. The maximum Gasteiger partial charge on any atom is 0.326 e. The van der Waals surface area contributed by atoms with Crippen LogP contribution in [0.25, 0.3) is 6.08 Å². The fourth-order valence-electron chi connectivity index (χ4n) is 1.80. The Morgan fingerprint density at radius 1 is 1.14 bits per heavy atom. The van der Waals surface area contributed by atoms with Crippen LogP contribution < -0.4 is 10.6 Å². The molecule has 0 saturated carbocycles. The van der Waals surface area contributed by atoms with Gasteiger partial charge in [-0.15, -0.1) is 0 Å². The Balaban J connectivity index is 3.01. The number of carbonyl (C=O) groups excluding carboxylic acids is 2. The predicted molar refractivity (Wildman–Crippen MR) is 82.6 cm³/mol. The number of amides is 2. The third-order valence-electron chi connectivity index (χ3n) is 2.89. The molecule has 0 saturated heterocycles. The van der Waals surface area contributed by atoms with E-state index in [2.05, 4.69) is 10.6 Å². The largest absolute Gasteiger partial charge is 0.480 e. The van der Waals surface area contributed by atoms with Gasteiger partial charge < -0.3 is 15.7 Å². The fraction of sp³-hybridized carbons (Fsp3) is 0.312. The number of carboxylic acids is 1. The van der Waals surface area contributed by atoms with Crippen molar-refractivity contribution in [3.8, 4) is 0 Å². The van der Waals surface area contributed by atoms with Crippen LogP contribution >= 0.6 is 0 Å². The Hall–Kier alpha value is -2.63. The van der Waals surface area contributed by atoms with Gasteiger partial charge in [0.2, 0.25) is 5.91 Å². The first-order chi connectivity index (χ1) is 10.3. The average molecular weight is 304 g/mol. The molecule has 0 radical (unpaired) electrons. The Bertz CT molecular complexity index is 579. The van der Waals surface area contributed by atoms with E-state index in [9.17, 15) is 14.4 Å². The van der Waals surface area contributed by atoms with E-state index in [4.69, 9.17) is 5.11 Å². The van der Waals surface area contributed by atoms with Gasteiger partial charge in [-0.2, -0.15) is 0 Å². The number of hydrogen-bond acceptors (Lipinski definition) is 3. The van der Waals surface area contributed by atoms with Crippen LogP contribution in [-0.2, 0) is 14.4 Å². The third kappa shape index (κ3) is 5.40. The minimum atomic E-state index is -1.12. The van der Waals surface area contributed by atoms with Crippen LogP contribution in [0.1, 0.15) is 26.3 Å². The van der Waals surface area contributed by atoms with Gasteiger partial charge >= 0.3 is 5.97 Å². The molecule has 0 spiro atoms. The second-order valence-corrected chi connectivity index (χ2v) is 5.18.